The molecule has 2 aliphatic rings. The molecular weight excluding hydrogens is 1450 g/mol. The number of nitrogens with one attached hydrogen (secondary N) is 11. The number of aliphatic carboxylic acids is 1. The van der Waals surface area contributed by atoms with Crippen LogP contribution in [0.2, 0.25) is 0 Å². The Morgan fingerprint density at radius 3 is 1.40 bits per heavy atom. The Morgan fingerprint density at radius 2 is 0.890 bits per heavy atom. The minimum absolute atomic E-state index is 0.000116. The van der Waals surface area contributed by atoms with Crippen molar-refractivity contribution in [3.05, 3.63) is 29.8 Å². The molecule has 2 fully saturated rings. The molecule has 0 aliphatic carbocycles. The number of phenols is 1. The number of thioether (sulfide) groups is 1. The molecule has 43 nitrogen and oxygen atoms in total. The lowest BCUT2D eigenvalue weighted by Gasteiger charge is -2.30. The average molecular weight is 1560 g/mol. The highest BCUT2D eigenvalue weighted by Crippen LogP contribution is 2.22. The summed E-state index contributed by atoms with van der Waals surface area (Å²) in [6.45, 7) is 1.99. The van der Waals surface area contributed by atoms with Crippen LogP contribution in [0.4, 0.5) is 0 Å². The van der Waals surface area contributed by atoms with E-state index in [9.17, 15) is 92.0 Å². The van der Waals surface area contributed by atoms with Crippen molar-refractivity contribution in [3.63, 3.8) is 0 Å². The van der Waals surface area contributed by atoms with Crippen molar-refractivity contribution in [3.8, 4) is 5.75 Å². The van der Waals surface area contributed by atoms with Crippen LogP contribution < -0.4 is 104 Å². The van der Waals surface area contributed by atoms with Crippen molar-refractivity contribution < 1.29 is 97.1 Å². The molecule has 31 N–H and O–H groups in total. The predicted octanol–water partition coefficient (Wildman–Crippen LogP) is -10.6. The standard InChI is InChI=1S/C65H107N23O20S/c1-32(76-52(96)37(67)30-89)51(95)83-43(28-48(68)92)57(101)86-45(31-90)58(102)85-44(29-49(69)93)62(106)88-25-10-14-46(88)59(103)77-33(2)50(94)79-40(20-26-109-4)53(97)78-34(3)61(105)87-24-9-15-47(87)60(104)81-39(13-8-23-75-65(72)73)55(99)84-42(27-35-16-18-36(91)19-17-35)56(100)80-38(12-7-22-74-64(70)71)54(98)82-41(63(107)108)11-5-6-21-66/h16-19,32-34,37-47,89-91H,5-15,20-31,66-67H2,1-4H3,(H2,68,92)(H2,69,93)(H,76,96)(H,77,103)(H,78,97)(H,79,94)(H,80,100)(H,81,104)(H,82,98)(H,83,95)(H,84,99)(H,85,102)(H,86,101)(H,107,108)(H4,70,71,74)(H4,72,73,75)/t32-,33-,34-,37-,38-,39-,40-,41-,42-,43-,44-,45-,46-,47-/m0/s1. The number of nitrogens with two attached hydrogens (primary N) is 8. The van der Waals surface area contributed by atoms with E-state index in [0.717, 1.165) is 4.90 Å². The Kier molecular flexibility index (Phi) is 40.0. The first kappa shape index (κ1) is 92.5. The van der Waals surface area contributed by atoms with Gasteiger partial charge in [0, 0.05) is 32.6 Å². The van der Waals surface area contributed by atoms with Crippen LogP contribution in [0.5, 0.6) is 5.75 Å². The van der Waals surface area contributed by atoms with Crippen molar-refractivity contribution in [1.29, 1.82) is 0 Å². The Bertz CT molecular complexity index is 3400. The lowest BCUT2D eigenvalue weighted by atomic mass is 10.0. The third-order valence-corrected chi connectivity index (χ3v) is 17.9. The highest BCUT2D eigenvalue weighted by Gasteiger charge is 2.43. The van der Waals surface area contributed by atoms with E-state index in [0.29, 0.717) is 18.4 Å². The zero-order valence-corrected chi connectivity index (χ0v) is 62.1. The molecule has 1 aromatic carbocycles. The summed E-state index contributed by atoms with van der Waals surface area (Å²) in [6.07, 6.45) is 1.05. The third kappa shape index (κ3) is 31.9. The molecule has 1 aromatic rings. The number of carbonyl (C=O) groups is 16. The number of amides is 15. The van der Waals surface area contributed by atoms with E-state index in [-0.39, 0.29) is 127 Å². The highest BCUT2D eigenvalue weighted by molar-refractivity contribution is 7.98. The maximum atomic E-state index is 14.6. The molecular formula is C65H107N23O20S. The molecule has 2 aliphatic heterocycles. The van der Waals surface area contributed by atoms with Crippen LogP contribution in [0, 0.1) is 0 Å². The van der Waals surface area contributed by atoms with Crippen molar-refractivity contribution in [1.82, 2.24) is 68.3 Å². The molecule has 0 bridgehead atoms. The summed E-state index contributed by atoms with van der Waals surface area (Å²) in [4.78, 5) is 227. The van der Waals surface area contributed by atoms with Gasteiger partial charge in [0.1, 0.15) is 90.3 Å². The second-order valence-electron chi connectivity index (χ2n) is 26.0. The molecule has 109 heavy (non-hydrogen) atoms. The Labute approximate surface area is 632 Å². The number of carbonyl (C=O) groups excluding carboxylic acids is 15. The number of unbranched alkanes of at least 4 members (excludes halogenated alkanes) is 1. The number of primary amides is 2. The minimum atomic E-state index is -1.93. The van der Waals surface area contributed by atoms with E-state index in [1.807, 2.05) is 0 Å². The first-order chi connectivity index (χ1) is 51.5. The van der Waals surface area contributed by atoms with Gasteiger partial charge < -0.3 is 135 Å². The van der Waals surface area contributed by atoms with Crippen LogP contribution in [0.3, 0.4) is 0 Å². The SMILES string of the molecule is CSCC[C@H](NC(=O)[C@H](C)NC(=O)[C@@H]1CCCN1C(=O)[C@H](CC(N)=O)NC(=O)[C@H](CO)NC(=O)[C@H](CC(N)=O)NC(=O)[C@H](C)NC(=O)[C@@H](N)CO)C(=O)N[C@@H](C)C(=O)N1CCC[C@H]1C(=O)N[C@@H](CCCN=C(N)N)C(=O)N[C@@H](Cc1ccc(O)cc1)C(=O)N[C@@H](CCCN=C(N)N)C(=O)N[C@@H](CCCCN)C(=O)O. The number of nitrogens with zero attached hydrogens (tertiary/aromatic N) is 4. The lowest BCUT2D eigenvalue weighted by molar-refractivity contribution is -0.143. The van der Waals surface area contributed by atoms with Crippen molar-refractivity contribution >= 4 is 118 Å². The van der Waals surface area contributed by atoms with E-state index in [2.05, 4.69) is 68.5 Å². The molecule has 15 amide bonds. The molecule has 608 valence electrons. The number of hydrogen-bond donors (Lipinski definition) is 23. The average Bonchev–Trinajstić information content (AvgIpc) is 1.80. The number of aliphatic hydroxyl groups is 2. The zero-order chi connectivity index (χ0) is 81.8. The van der Waals surface area contributed by atoms with Gasteiger partial charge in [-0.15, -0.1) is 0 Å². The monoisotopic (exact) mass is 1560 g/mol. The quantitative estimate of drug-likeness (QED) is 0.0164. The maximum absolute atomic E-state index is 14.6. The van der Waals surface area contributed by atoms with E-state index >= 15 is 0 Å². The van der Waals surface area contributed by atoms with Crippen LogP contribution in [0.25, 0.3) is 0 Å². The zero-order valence-electron chi connectivity index (χ0n) is 61.3. The van der Waals surface area contributed by atoms with Crippen LogP contribution in [-0.2, 0) is 83.1 Å². The van der Waals surface area contributed by atoms with Gasteiger partial charge in [0.25, 0.3) is 0 Å². The Hall–Kier alpha value is -10.7. The fourth-order valence-corrected chi connectivity index (χ4v) is 11.9. The fraction of sp³-hybridized carbons (Fsp3) is 0.631. The number of likely N-dealkylation sites (tertiary alicyclic amines) is 2. The number of guanidine groups is 2. The van der Waals surface area contributed by atoms with Crippen LogP contribution in [0.1, 0.15) is 116 Å². The van der Waals surface area contributed by atoms with E-state index in [1.165, 1.54) is 61.7 Å². The number of benzene rings is 1. The number of carboxylic acids is 1. The molecule has 0 saturated carbocycles. The first-order valence-electron chi connectivity index (χ1n) is 35.3. The Balaban J connectivity index is 1.81. The number of rotatable bonds is 48. The number of carboxylic acid groups (broad SMARTS) is 1. The molecule has 0 aromatic heterocycles. The van der Waals surface area contributed by atoms with E-state index in [1.54, 1.807) is 6.26 Å². The number of phenolic OH excluding ortho intramolecular Hbond substituents is 1. The fourth-order valence-electron chi connectivity index (χ4n) is 11.4. The molecule has 2 heterocycles. The van der Waals surface area contributed by atoms with Crippen LogP contribution >= 0.6 is 11.8 Å². The molecule has 14 atom stereocenters. The van der Waals surface area contributed by atoms with Crippen LogP contribution in [-0.4, -0.2) is 279 Å². The molecule has 44 heteroatoms. The van der Waals surface area contributed by atoms with Gasteiger partial charge in [-0.2, -0.15) is 11.8 Å². The summed E-state index contributed by atoms with van der Waals surface area (Å²) in [5.74, 6) is -16.4. The molecule has 0 radical (unpaired) electrons. The smallest absolute Gasteiger partial charge is 0.326 e. The van der Waals surface area contributed by atoms with Crippen molar-refractivity contribution in [2.24, 2.45) is 55.9 Å². The van der Waals surface area contributed by atoms with Gasteiger partial charge in [-0.3, -0.25) is 81.9 Å². The number of aliphatic hydroxyl groups excluding tert-OH is 2. The minimum Gasteiger partial charge on any atom is -0.508 e. The molecule has 0 unspecified atom stereocenters. The largest absolute Gasteiger partial charge is 0.508 e. The number of aromatic hydroxyl groups is 1. The topological polar surface area (TPSA) is 726 Å². The number of aliphatic imine (C=N–C) groups is 2. The van der Waals surface area contributed by atoms with Crippen molar-refractivity contribution in [2.45, 2.75) is 202 Å². The summed E-state index contributed by atoms with van der Waals surface area (Å²) in [7, 11) is 0. The van der Waals surface area contributed by atoms with Gasteiger partial charge in [-0.1, -0.05) is 12.1 Å². The van der Waals surface area contributed by atoms with E-state index in [4.69, 9.17) is 51.0 Å². The van der Waals surface area contributed by atoms with Crippen molar-refractivity contribution in [2.75, 3.05) is 57.9 Å². The van der Waals surface area contributed by atoms with E-state index < -0.39 is 205 Å². The summed E-state index contributed by atoms with van der Waals surface area (Å²) in [6, 6.07) is -15.2. The predicted molar refractivity (Wildman–Crippen MR) is 393 cm³/mol. The first-order valence-corrected chi connectivity index (χ1v) is 36.7. The summed E-state index contributed by atoms with van der Waals surface area (Å²) in [5.41, 5.74) is 44.3. The van der Waals surface area contributed by atoms with Gasteiger partial charge in [0.2, 0.25) is 88.6 Å². The second kappa shape index (κ2) is 47.2. The van der Waals surface area contributed by atoms with Gasteiger partial charge >= 0.3 is 5.97 Å². The van der Waals surface area contributed by atoms with Gasteiger partial charge in [0.15, 0.2) is 11.9 Å². The van der Waals surface area contributed by atoms with Gasteiger partial charge in [0.05, 0.1) is 26.1 Å². The highest BCUT2D eigenvalue weighted by atomic mass is 32.2. The summed E-state index contributed by atoms with van der Waals surface area (Å²) < 4.78 is 0. The molecule has 3 rings (SSSR count). The summed E-state index contributed by atoms with van der Waals surface area (Å²) >= 11 is 1.31. The normalized spacial score (nSPS) is 17.1. The molecule has 2 saturated heterocycles. The second-order valence-corrected chi connectivity index (χ2v) is 27.0. The van der Waals surface area contributed by atoms with Gasteiger partial charge in [-0.25, -0.2) is 4.79 Å². The molecule has 0 spiro atoms. The van der Waals surface area contributed by atoms with Gasteiger partial charge in [-0.05, 0) is 134 Å². The Morgan fingerprint density at radius 1 is 0.477 bits per heavy atom. The number of hydrogen-bond acceptors (Lipinski definition) is 24. The third-order valence-electron chi connectivity index (χ3n) is 17.3. The van der Waals surface area contributed by atoms with Crippen LogP contribution in [0.15, 0.2) is 34.3 Å². The maximum Gasteiger partial charge on any atom is 0.326 e. The lowest BCUT2D eigenvalue weighted by Crippen LogP contribution is -2.61. The summed E-state index contributed by atoms with van der Waals surface area (Å²) in [5, 5.41) is 66.2.